The maximum absolute atomic E-state index is 11.9. The van der Waals surface area contributed by atoms with Crippen molar-refractivity contribution in [1.82, 2.24) is 8.80 Å². The second-order valence-electron chi connectivity index (χ2n) is 7.07. The maximum Gasteiger partial charge on any atom is 0.221 e. The molecule has 4 aromatic rings. The summed E-state index contributed by atoms with van der Waals surface area (Å²) < 4.78 is 3.69. The van der Waals surface area contributed by atoms with Crippen molar-refractivity contribution in [3.05, 3.63) is 71.3 Å². The summed E-state index contributed by atoms with van der Waals surface area (Å²) in [7, 11) is 0. The van der Waals surface area contributed by atoms with E-state index in [4.69, 9.17) is 0 Å². The molecule has 31 heavy (non-hydrogen) atoms. The maximum atomic E-state index is 11.9. The van der Waals surface area contributed by atoms with Gasteiger partial charge < -0.3 is 19.4 Å². The van der Waals surface area contributed by atoms with Crippen LogP contribution in [-0.4, -0.2) is 20.6 Å². The van der Waals surface area contributed by atoms with Gasteiger partial charge in [0.2, 0.25) is 11.8 Å². The first-order valence-electron chi connectivity index (χ1n) is 9.55. The zero-order valence-electron chi connectivity index (χ0n) is 16.9. The second-order valence-corrected chi connectivity index (χ2v) is 7.07. The van der Waals surface area contributed by atoms with Gasteiger partial charge in [-0.05, 0) is 24.3 Å². The zero-order chi connectivity index (χ0) is 22.1. The molecule has 0 aromatic carbocycles. The highest BCUT2D eigenvalue weighted by atomic mass is 16.2. The summed E-state index contributed by atoms with van der Waals surface area (Å²) >= 11 is 0. The third-order valence-electron chi connectivity index (χ3n) is 5.05. The molecular formula is C23H18N6O2. The van der Waals surface area contributed by atoms with Crippen molar-refractivity contribution in [2.24, 2.45) is 0 Å². The second kappa shape index (κ2) is 7.69. The predicted octanol–water partition coefficient (Wildman–Crippen LogP) is 3.44. The third kappa shape index (κ3) is 3.26. The van der Waals surface area contributed by atoms with E-state index < -0.39 is 0 Å². The molecular weight excluding hydrogens is 392 g/mol. The number of fused-ring (bicyclic) bond motifs is 2. The van der Waals surface area contributed by atoms with E-state index in [9.17, 15) is 20.1 Å². The average Bonchev–Trinajstić information content (AvgIpc) is 3.19. The fourth-order valence-corrected chi connectivity index (χ4v) is 3.90. The number of carbonyl (C=O) groups is 2. The van der Waals surface area contributed by atoms with Crippen LogP contribution in [0.3, 0.4) is 0 Å². The molecule has 8 nitrogen and oxygen atoms in total. The van der Waals surface area contributed by atoms with Crippen LogP contribution in [-0.2, 0) is 16.0 Å². The van der Waals surface area contributed by atoms with Crippen LogP contribution in [0.1, 0.15) is 36.4 Å². The van der Waals surface area contributed by atoms with Crippen LogP contribution in [0, 0.1) is 22.7 Å². The van der Waals surface area contributed by atoms with Crippen molar-refractivity contribution in [3.8, 4) is 12.1 Å². The van der Waals surface area contributed by atoms with Crippen LogP contribution < -0.4 is 10.6 Å². The molecule has 0 radical (unpaired) electrons. The molecule has 8 heteroatoms. The minimum atomic E-state index is -0.298. The van der Waals surface area contributed by atoms with Gasteiger partial charge in [-0.2, -0.15) is 10.5 Å². The molecule has 4 heterocycles. The first-order chi connectivity index (χ1) is 15.0. The van der Waals surface area contributed by atoms with Crippen LogP contribution in [0.25, 0.3) is 11.0 Å². The summed E-state index contributed by atoms with van der Waals surface area (Å²) in [5.74, 6) is -0.595. The average molecular weight is 410 g/mol. The number of aromatic nitrogens is 2. The summed E-state index contributed by atoms with van der Waals surface area (Å²) in [4.78, 5) is 23.8. The Labute approximate surface area is 177 Å². The van der Waals surface area contributed by atoms with Gasteiger partial charge in [0.1, 0.15) is 23.3 Å². The highest BCUT2D eigenvalue weighted by molar-refractivity contribution is 5.96. The van der Waals surface area contributed by atoms with E-state index in [1.165, 1.54) is 13.8 Å². The molecule has 0 unspecified atom stereocenters. The standard InChI is InChI=1S/C23H18N6O2/c1-14(30)26-22-16(12-24)18-7-3-5-9-28(18)20(22)11-21-23(27-15(2)31)17(13-25)19-8-4-6-10-29(19)21/h3-10H,11H2,1-2H3,(H,26,30)(H,27,31). The number of hydrogen-bond donors (Lipinski definition) is 2. The molecule has 0 saturated heterocycles. The third-order valence-corrected chi connectivity index (χ3v) is 5.05. The Morgan fingerprint density at radius 1 is 0.806 bits per heavy atom. The van der Waals surface area contributed by atoms with Gasteiger partial charge >= 0.3 is 0 Å². The Morgan fingerprint density at radius 3 is 1.58 bits per heavy atom. The van der Waals surface area contributed by atoms with E-state index >= 15 is 0 Å². The Hall–Kier alpha value is -4.56. The Morgan fingerprint density at radius 2 is 1.23 bits per heavy atom. The lowest BCUT2D eigenvalue weighted by Crippen LogP contribution is -2.12. The van der Waals surface area contributed by atoms with Gasteiger partial charge in [-0.15, -0.1) is 0 Å². The van der Waals surface area contributed by atoms with Crippen LogP contribution in [0.2, 0.25) is 0 Å². The van der Waals surface area contributed by atoms with Crippen LogP contribution in [0.4, 0.5) is 11.4 Å². The molecule has 2 N–H and O–H groups in total. The molecule has 0 spiro atoms. The zero-order valence-corrected chi connectivity index (χ0v) is 16.9. The lowest BCUT2D eigenvalue weighted by Gasteiger charge is -2.11. The highest BCUT2D eigenvalue weighted by Gasteiger charge is 2.24. The number of nitriles is 2. The Balaban J connectivity index is 2.03. The number of rotatable bonds is 4. The van der Waals surface area contributed by atoms with Gasteiger partial charge in [0.05, 0.1) is 33.8 Å². The SMILES string of the molecule is CC(=O)Nc1c(C#N)c2ccccn2c1Cc1c(NC(C)=O)c(C#N)c2ccccn12. The van der Waals surface area contributed by atoms with Crippen molar-refractivity contribution in [1.29, 1.82) is 10.5 Å². The van der Waals surface area contributed by atoms with Crippen molar-refractivity contribution in [3.63, 3.8) is 0 Å². The van der Waals surface area contributed by atoms with E-state index in [-0.39, 0.29) is 18.2 Å². The lowest BCUT2D eigenvalue weighted by atomic mass is 10.1. The summed E-state index contributed by atoms with van der Waals surface area (Å²) in [5.41, 5.74) is 4.20. The van der Waals surface area contributed by atoms with E-state index in [1.807, 2.05) is 45.5 Å². The molecule has 0 aliphatic rings. The first-order valence-corrected chi connectivity index (χ1v) is 9.55. The largest absolute Gasteiger partial charge is 0.324 e. The molecule has 0 atom stereocenters. The van der Waals surface area contributed by atoms with Crippen molar-refractivity contribution >= 4 is 34.2 Å². The number of amides is 2. The topological polar surface area (TPSA) is 115 Å². The van der Waals surface area contributed by atoms with Crippen LogP contribution >= 0.6 is 0 Å². The molecule has 4 aromatic heterocycles. The van der Waals surface area contributed by atoms with Gasteiger partial charge in [0.15, 0.2) is 0 Å². The molecule has 0 aliphatic carbocycles. The van der Waals surface area contributed by atoms with Crippen molar-refractivity contribution in [2.45, 2.75) is 20.3 Å². The van der Waals surface area contributed by atoms with Gasteiger partial charge in [-0.25, -0.2) is 0 Å². The number of nitrogens with one attached hydrogen (secondary N) is 2. The molecule has 0 fully saturated rings. The number of hydrogen-bond acceptors (Lipinski definition) is 4. The van der Waals surface area contributed by atoms with E-state index in [0.29, 0.717) is 44.9 Å². The Kier molecular flexibility index (Phi) is 4.90. The lowest BCUT2D eigenvalue weighted by molar-refractivity contribution is -0.115. The molecule has 4 rings (SSSR count). The normalized spacial score (nSPS) is 10.6. The molecule has 2 amide bonds. The van der Waals surface area contributed by atoms with Crippen molar-refractivity contribution in [2.75, 3.05) is 10.6 Å². The van der Waals surface area contributed by atoms with E-state index in [0.717, 1.165) is 0 Å². The molecule has 152 valence electrons. The number of carbonyl (C=O) groups excluding carboxylic acids is 2. The smallest absolute Gasteiger partial charge is 0.221 e. The predicted molar refractivity (Wildman–Crippen MR) is 116 cm³/mol. The molecule has 0 saturated carbocycles. The number of nitrogens with zero attached hydrogens (tertiary/aromatic N) is 4. The van der Waals surface area contributed by atoms with Gasteiger partial charge in [-0.1, -0.05) is 12.1 Å². The van der Waals surface area contributed by atoms with E-state index in [1.54, 1.807) is 12.1 Å². The van der Waals surface area contributed by atoms with E-state index in [2.05, 4.69) is 22.8 Å². The first kappa shape index (κ1) is 19.7. The highest BCUT2D eigenvalue weighted by Crippen LogP contribution is 2.35. The van der Waals surface area contributed by atoms with Gasteiger partial charge in [0, 0.05) is 32.7 Å². The summed E-state index contributed by atoms with van der Waals surface area (Å²) in [5, 5.41) is 25.1. The molecule has 0 bridgehead atoms. The quantitative estimate of drug-likeness (QED) is 0.536. The minimum Gasteiger partial charge on any atom is -0.324 e. The summed E-state index contributed by atoms with van der Waals surface area (Å²) in [6, 6.07) is 15.3. The Bertz CT molecular complexity index is 1340. The fourth-order valence-electron chi connectivity index (χ4n) is 3.90. The fraction of sp³-hybridized carbons (Fsp3) is 0.130. The van der Waals surface area contributed by atoms with Crippen LogP contribution in [0.5, 0.6) is 0 Å². The number of pyridine rings is 2. The monoisotopic (exact) mass is 410 g/mol. The molecule has 0 aliphatic heterocycles. The minimum absolute atomic E-state index is 0.255. The van der Waals surface area contributed by atoms with Gasteiger partial charge in [-0.3, -0.25) is 9.59 Å². The summed E-state index contributed by atoms with van der Waals surface area (Å²) in [6.07, 6.45) is 3.89. The van der Waals surface area contributed by atoms with Crippen molar-refractivity contribution < 1.29 is 9.59 Å². The summed E-state index contributed by atoms with van der Waals surface area (Å²) in [6.45, 7) is 2.77. The number of anilines is 2. The van der Waals surface area contributed by atoms with Gasteiger partial charge in [0.25, 0.3) is 0 Å². The van der Waals surface area contributed by atoms with Crippen LogP contribution in [0.15, 0.2) is 48.8 Å².